The lowest BCUT2D eigenvalue weighted by atomic mass is 10.1. The van der Waals surface area contributed by atoms with Crippen molar-refractivity contribution in [3.8, 4) is 0 Å². The molecule has 0 radical (unpaired) electrons. The minimum Gasteiger partial charge on any atom is -0.480 e. The van der Waals surface area contributed by atoms with Crippen LogP contribution in [0.3, 0.4) is 0 Å². The van der Waals surface area contributed by atoms with Crippen molar-refractivity contribution >= 4 is 11.8 Å². The number of rotatable bonds is 5. The van der Waals surface area contributed by atoms with Gasteiger partial charge in [-0.25, -0.2) is 14.8 Å². The highest BCUT2D eigenvalue weighted by atomic mass is 16.4. The van der Waals surface area contributed by atoms with Crippen molar-refractivity contribution in [2.24, 2.45) is 5.92 Å². The number of aromatic nitrogens is 2. The molecule has 1 atom stereocenters. The molecule has 0 unspecified atom stereocenters. The highest BCUT2D eigenvalue weighted by Gasteiger charge is 2.28. The minimum absolute atomic E-state index is 0.00199. The van der Waals surface area contributed by atoms with Crippen molar-refractivity contribution in [2.75, 3.05) is 5.32 Å². The van der Waals surface area contributed by atoms with Crippen LogP contribution < -0.4 is 5.32 Å². The highest BCUT2D eigenvalue weighted by Crippen LogP contribution is 2.38. The van der Waals surface area contributed by atoms with Crippen LogP contribution in [0.1, 0.15) is 44.1 Å². The van der Waals surface area contributed by atoms with Gasteiger partial charge in [0.1, 0.15) is 17.7 Å². The first-order valence-electron chi connectivity index (χ1n) is 6.32. The maximum absolute atomic E-state index is 11.2. The predicted molar refractivity (Wildman–Crippen MR) is 68.6 cm³/mol. The Morgan fingerprint density at radius 2 is 2.11 bits per heavy atom. The Kier molecular flexibility index (Phi) is 3.50. The van der Waals surface area contributed by atoms with Crippen LogP contribution in [0.5, 0.6) is 0 Å². The molecule has 2 N–H and O–H groups in total. The van der Waals surface area contributed by atoms with Gasteiger partial charge >= 0.3 is 5.97 Å². The summed E-state index contributed by atoms with van der Waals surface area (Å²) in [5.41, 5.74) is 0.877. The maximum atomic E-state index is 11.2. The lowest BCUT2D eigenvalue weighted by molar-refractivity contribution is -0.138. The Labute approximate surface area is 107 Å². The van der Waals surface area contributed by atoms with E-state index in [0.29, 0.717) is 11.7 Å². The second kappa shape index (κ2) is 4.92. The van der Waals surface area contributed by atoms with Crippen molar-refractivity contribution in [3.05, 3.63) is 17.6 Å². The molecule has 1 aromatic rings. The van der Waals surface area contributed by atoms with Crippen LogP contribution in [0, 0.1) is 12.8 Å². The molecule has 1 saturated carbocycles. The van der Waals surface area contributed by atoms with Crippen molar-refractivity contribution in [3.63, 3.8) is 0 Å². The molecule has 5 heteroatoms. The van der Waals surface area contributed by atoms with Gasteiger partial charge in [-0.2, -0.15) is 0 Å². The number of aliphatic carboxylic acids is 1. The molecule has 5 nitrogen and oxygen atoms in total. The molecule has 0 saturated heterocycles. The van der Waals surface area contributed by atoms with Gasteiger partial charge in [-0.3, -0.25) is 0 Å². The molecule has 1 aliphatic carbocycles. The first-order valence-corrected chi connectivity index (χ1v) is 6.32. The third kappa shape index (κ3) is 2.97. The third-order valence-corrected chi connectivity index (χ3v) is 3.05. The van der Waals surface area contributed by atoms with Gasteiger partial charge in [-0.15, -0.1) is 0 Å². The fraction of sp³-hybridized carbons (Fsp3) is 0.615. The van der Waals surface area contributed by atoms with Crippen LogP contribution in [-0.2, 0) is 4.79 Å². The maximum Gasteiger partial charge on any atom is 0.326 e. The van der Waals surface area contributed by atoms with E-state index in [1.807, 2.05) is 20.8 Å². The molecule has 0 aliphatic heterocycles. The average molecular weight is 249 g/mol. The molecule has 1 aliphatic rings. The number of nitrogens with one attached hydrogen (secondary N) is 1. The van der Waals surface area contributed by atoms with E-state index in [-0.39, 0.29) is 5.92 Å². The summed E-state index contributed by atoms with van der Waals surface area (Å²) in [5, 5.41) is 12.2. The SMILES string of the molecule is Cc1cc(N[C@@H](C(=O)O)C(C)C)nc(C2CC2)n1. The number of carbonyl (C=O) groups is 1. The van der Waals surface area contributed by atoms with E-state index < -0.39 is 12.0 Å². The van der Waals surface area contributed by atoms with Gasteiger partial charge in [0.05, 0.1) is 0 Å². The number of carboxylic acid groups (broad SMARTS) is 1. The zero-order valence-electron chi connectivity index (χ0n) is 11.0. The molecule has 0 bridgehead atoms. The number of aryl methyl sites for hydroxylation is 1. The fourth-order valence-electron chi connectivity index (χ4n) is 1.86. The number of anilines is 1. The van der Waals surface area contributed by atoms with Gasteiger partial charge in [-0.05, 0) is 25.7 Å². The highest BCUT2D eigenvalue weighted by molar-refractivity contribution is 5.77. The molecular weight excluding hydrogens is 230 g/mol. The summed E-state index contributed by atoms with van der Waals surface area (Å²) in [6, 6.07) is 1.18. The summed E-state index contributed by atoms with van der Waals surface area (Å²) in [6.45, 7) is 5.66. The van der Waals surface area contributed by atoms with Gasteiger partial charge in [0, 0.05) is 17.7 Å². The van der Waals surface area contributed by atoms with Crippen LogP contribution in [0.2, 0.25) is 0 Å². The second-order valence-corrected chi connectivity index (χ2v) is 5.23. The number of carboxylic acids is 1. The van der Waals surface area contributed by atoms with Crippen LogP contribution in [-0.4, -0.2) is 27.1 Å². The fourth-order valence-corrected chi connectivity index (χ4v) is 1.86. The largest absolute Gasteiger partial charge is 0.480 e. The average Bonchev–Trinajstić information content (AvgIpc) is 3.07. The molecular formula is C13H19N3O2. The first-order chi connectivity index (χ1) is 8.47. The Bertz CT molecular complexity index is 456. The zero-order chi connectivity index (χ0) is 13.3. The van der Waals surface area contributed by atoms with E-state index >= 15 is 0 Å². The van der Waals surface area contributed by atoms with E-state index in [1.165, 1.54) is 0 Å². The van der Waals surface area contributed by atoms with E-state index in [2.05, 4.69) is 15.3 Å². The second-order valence-electron chi connectivity index (χ2n) is 5.23. The summed E-state index contributed by atoms with van der Waals surface area (Å²) in [4.78, 5) is 20.0. The van der Waals surface area contributed by atoms with Gasteiger partial charge in [0.25, 0.3) is 0 Å². The van der Waals surface area contributed by atoms with Crippen molar-refractivity contribution < 1.29 is 9.90 Å². The van der Waals surface area contributed by atoms with Gasteiger partial charge in [-0.1, -0.05) is 13.8 Å². The number of hydrogen-bond donors (Lipinski definition) is 2. The molecule has 1 aromatic heterocycles. The van der Waals surface area contributed by atoms with Crippen molar-refractivity contribution in [1.82, 2.24) is 9.97 Å². The topological polar surface area (TPSA) is 75.1 Å². The lowest BCUT2D eigenvalue weighted by Gasteiger charge is -2.19. The lowest BCUT2D eigenvalue weighted by Crippen LogP contribution is -2.34. The molecule has 98 valence electrons. The number of hydrogen-bond acceptors (Lipinski definition) is 4. The quantitative estimate of drug-likeness (QED) is 0.836. The van der Waals surface area contributed by atoms with Crippen LogP contribution in [0.25, 0.3) is 0 Å². The minimum atomic E-state index is -0.853. The first kappa shape index (κ1) is 12.8. The Balaban J connectivity index is 2.19. The summed E-state index contributed by atoms with van der Waals surface area (Å²) >= 11 is 0. The van der Waals surface area contributed by atoms with Crippen molar-refractivity contribution in [1.29, 1.82) is 0 Å². The van der Waals surface area contributed by atoms with Crippen molar-refractivity contribution in [2.45, 2.75) is 45.6 Å². The monoisotopic (exact) mass is 249 g/mol. The zero-order valence-corrected chi connectivity index (χ0v) is 11.0. The molecule has 0 spiro atoms. The number of nitrogens with zero attached hydrogens (tertiary/aromatic N) is 2. The van der Waals surface area contributed by atoms with Crippen LogP contribution in [0.4, 0.5) is 5.82 Å². The Morgan fingerprint density at radius 1 is 1.44 bits per heavy atom. The van der Waals surface area contributed by atoms with Crippen LogP contribution >= 0.6 is 0 Å². The van der Waals surface area contributed by atoms with E-state index in [4.69, 9.17) is 5.11 Å². The summed E-state index contributed by atoms with van der Waals surface area (Å²) < 4.78 is 0. The van der Waals surface area contributed by atoms with Gasteiger partial charge in [0.2, 0.25) is 0 Å². The summed E-state index contributed by atoms with van der Waals surface area (Å²) in [7, 11) is 0. The molecule has 2 rings (SSSR count). The standard InChI is InChI=1S/C13H19N3O2/c1-7(2)11(13(17)18)15-10-6-8(3)14-12(16-10)9-4-5-9/h6-7,9,11H,4-5H2,1-3H3,(H,17,18)(H,14,15,16)/t11-/m1/s1. The normalized spacial score (nSPS) is 16.7. The third-order valence-electron chi connectivity index (χ3n) is 3.05. The molecule has 1 heterocycles. The molecule has 18 heavy (non-hydrogen) atoms. The summed E-state index contributed by atoms with van der Waals surface area (Å²) in [6.07, 6.45) is 2.27. The molecule has 0 amide bonds. The Hall–Kier alpha value is -1.65. The molecule has 0 aromatic carbocycles. The smallest absolute Gasteiger partial charge is 0.326 e. The van der Waals surface area contributed by atoms with E-state index in [1.54, 1.807) is 6.07 Å². The van der Waals surface area contributed by atoms with E-state index in [9.17, 15) is 4.79 Å². The van der Waals surface area contributed by atoms with Crippen LogP contribution in [0.15, 0.2) is 6.07 Å². The molecule has 1 fully saturated rings. The Morgan fingerprint density at radius 3 is 2.61 bits per heavy atom. The van der Waals surface area contributed by atoms with E-state index in [0.717, 1.165) is 24.4 Å². The summed E-state index contributed by atoms with van der Waals surface area (Å²) in [5.74, 6) is 1.07. The van der Waals surface area contributed by atoms with Gasteiger partial charge < -0.3 is 10.4 Å². The predicted octanol–water partition coefficient (Wildman–Crippen LogP) is 2.18. The van der Waals surface area contributed by atoms with Gasteiger partial charge in [0.15, 0.2) is 0 Å².